The zero-order chi connectivity index (χ0) is 11.8. The van der Waals surface area contributed by atoms with Crippen molar-refractivity contribution in [1.82, 2.24) is 4.90 Å². The van der Waals surface area contributed by atoms with Crippen molar-refractivity contribution in [1.29, 1.82) is 0 Å². The Morgan fingerprint density at radius 1 is 1.38 bits per heavy atom. The first-order valence-corrected chi connectivity index (χ1v) is 5.74. The first-order valence-electron chi connectivity index (χ1n) is 5.74. The Hall–Kier alpha value is -1.06. The molecule has 0 spiro atoms. The SMILES string of the molecule is C=C/C=C(\C=C)OC[C@@H](O)CN1CCCC1. The first-order chi connectivity index (χ1) is 7.76. The molecule has 0 unspecified atom stereocenters. The Labute approximate surface area is 97.7 Å². The van der Waals surface area contributed by atoms with Crippen molar-refractivity contribution in [3.63, 3.8) is 0 Å². The van der Waals surface area contributed by atoms with Crippen LogP contribution in [-0.2, 0) is 4.74 Å². The molecule has 1 fully saturated rings. The van der Waals surface area contributed by atoms with Crippen LogP contribution in [0.3, 0.4) is 0 Å². The van der Waals surface area contributed by atoms with Crippen LogP contribution in [0.4, 0.5) is 0 Å². The van der Waals surface area contributed by atoms with E-state index in [1.165, 1.54) is 12.8 Å². The molecule has 0 amide bonds. The third-order valence-electron chi connectivity index (χ3n) is 2.59. The highest BCUT2D eigenvalue weighted by atomic mass is 16.5. The lowest BCUT2D eigenvalue weighted by atomic mass is 10.3. The van der Waals surface area contributed by atoms with Crippen LogP contribution in [0.5, 0.6) is 0 Å². The van der Waals surface area contributed by atoms with Gasteiger partial charge in [0.2, 0.25) is 0 Å². The minimum absolute atomic E-state index is 0.308. The first kappa shape index (κ1) is 13.0. The van der Waals surface area contributed by atoms with Gasteiger partial charge in [0.25, 0.3) is 0 Å². The summed E-state index contributed by atoms with van der Waals surface area (Å²) in [6, 6.07) is 0. The van der Waals surface area contributed by atoms with E-state index >= 15 is 0 Å². The highest BCUT2D eigenvalue weighted by Crippen LogP contribution is 2.08. The molecule has 0 aliphatic carbocycles. The Morgan fingerprint density at radius 3 is 2.62 bits per heavy atom. The van der Waals surface area contributed by atoms with E-state index in [0.717, 1.165) is 13.1 Å². The van der Waals surface area contributed by atoms with Gasteiger partial charge >= 0.3 is 0 Å². The molecule has 0 aromatic rings. The molecule has 90 valence electrons. The van der Waals surface area contributed by atoms with Gasteiger partial charge in [-0.25, -0.2) is 0 Å². The molecule has 1 atom stereocenters. The van der Waals surface area contributed by atoms with E-state index in [4.69, 9.17) is 4.74 Å². The van der Waals surface area contributed by atoms with Crippen molar-refractivity contribution in [2.75, 3.05) is 26.2 Å². The second-order valence-electron chi connectivity index (χ2n) is 3.98. The van der Waals surface area contributed by atoms with E-state index in [1.54, 1.807) is 18.2 Å². The van der Waals surface area contributed by atoms with Crippen LogP contribution in [0.2, 0.25) is 0 Å². The minimum Gasteiger partial charge on any atom is -0.491 e. The molecule has 1 aliphatic heterocycles. The van der Waals surface area contributed by atoms with Crippen LogP contribution in [-0.4, -0.2) is 42.4 Å². The van der Waals surface area contributed by atoms with Gasteiger partial charge in [0.15, 0.2) is 0 Å². The van der Waals surface area contributed by atoms with Crippen LogP contribution in [0.25, 0.3) is 0 Å². The molecule has 0 radical (unpaired) electrons. The molecule has 1 aliphatic rings. The molecule has 1 N–H and O–H groups in total. The molecule has 1 heterocycles. The Balaban J connectivity index is 2.22. The summed E-state index contributed by atoms with van der Waals surface area (Å²) in [5.74, 6) is 0.649. The molecule has 1 rings (SSSR count). The number of rotatable bonds is 7. The molecule has 16 heavy (non-hydrogen) atoms. The summed E-state index contributed by atoms with van der Waals surface area (Å²) < 4.78 is 5.40. The topological polar surface area (TPSA) is 32.7 Å². The van der Waals surface area contributed by atoms with E-state index in [-0.39, 0.29) is 0 Å². The Morgan fingerprint density at radius 2 is 2.06 bits per heavy atom. The van der Waals surface area contributed by atoms with Gasteiger partial charge in [0.1, 0.15) is 18.5 Å². The number of nitrogens with zero attached hydrogens (tertiary/aromatic N) is 1. The normalized spacial score (nSPS) is 19.4. The second kappa shape index (κ2) is 7.25. The third-order valence-corrected chi connectivity index (χ3v) is 2.59. The quantitative estimate of drug-likeness (QED) is 0.527. The van der Waals surface area contributed by atoms with Crippen molar-refractivity contribution in [2.45, 2.75) is 18.9 Å². The van der Waals surface area contributed by atoms with Crippen molar-refractivity contribution in [2.24, 2.45) is 0 Å². The summed E-state index contributed by atoms with van der Waals surface area (Å²) >= 11 is 0. The summed E-state index contributed by atoms with van der Waals surface area (Å²) in [6.45, 7) is 10.4. The molecule has 0 bridgehead atoms. The third kappa shape index (κ3) is 4.64. The van der Waals surface area contributed by atoms with E-state index in [1.807, 2.05) is 0 Å². The van der Waals surface area contributed by atoms with Crippen LogP contribution in [0, 0.1) is 0 Å². The van der Waals surface area contributed by atoms with E-state index < -0.39 is 6.10 Å². The van der Waals surface area contributed by atoms with E-state index in [9.17, 15) is 5.11 Å². The zero-order valence-electron chi connectivity index (χ0n) is 9.77. The largest absolute Gasteiger partial charge is 0.491 e. The Kier molecular flexibility index (Phi) is 5.90. The fourth-order valence-corrected chi connectivity index (χ4v) is 1.80. The smallest absolute Gasteiger partial charge is 0.118 e. The predicted molar refractivity (Wildman–Crippen MR) is 66.1 cm³/mol. The van der Waals surface area contributed by atoms with E-state index in [0.29, 0.717) is 18.9 Å². The zero-order valence-corrected chi connectivity index (χ0v) is 9.77. The van der Waals surface area contributed by atoms with Gasteiger partial charge in [0.05, 0.1) is 0 Å². The summed E-state index contributed by atoms with van der Waals surface area (Å²) in [5.41, 5.74) is 0. The van der Waals surface area contributed by atoms with Gasteiger partial charge < -0.3 is 14.7 Å². The van der Waals surface area contributed by atoms with Crippen molar-refractivity contribution in [3.05, 3.63) is 37.1 Å². The average Bonchev–Trinajstić information content (AvgIpc) is 2.76. The fourth-order valence-electron chi connectivity index (χ4n) is 1.80. The molecule has 1 saturated heterocycles. The van der Waals surface area contributed by atoms with Gasteiger partial charge in [-0.3, -0.25) is 0 Å². The Bertz CT molecular complexity index is 255. The van der Waals surface area contributed by atoms with Crippen LogP contribution in [0.1, 0.15) is 12.8 Å². The van der Waals surface area contributed by atoms with Crippen LogP contribution >= 0.6 is 0 Å². The van der Waals surface area contributed by atoms with Gasteiger partial charge in [-0.2, -0.15) is 0 Å². The van der Waals surface area contributed by atoms with Crippen molar-refractivity contribution in [3.8, 4) is 0 Å². The van der Waals surface area contributed by atoms with Crippen LogP contribution < -0.4 is 0 Å². The highest BCUT2D eigenvalue weighted by molar-refractivity contribution is 5.14. The predicted octanol–water partition coefficient (Wildman–Crippen LogP) is 1.72. The molecular weight excluding hydrogens is 202 g/mol. The lowest BCUT2D eigenvalue weighted by molar-refractivity contribution is 0.0516. The maximum Gasteiger partial charge on any atom is 0.118 e. The number of allylic oxidation sites excluding steroid dienone is 3. The number of hydrogen-bond donors (Lipinski definition) is 1. The maximum absolute atomic E-state index is 9.77. The second-order valence-corrected chi connectivity index (χ2v) is 3.98. The number of aliphatic hydroxyl groups excluding tert-OH is 1. The number of β-amino-alcohol motifs (C(OH)–C–C–N with tert-alkyl or cyclic N) is 1. The van der Waals surface area contributed by atoms with Crippen molar-refractivity contribution >= 4 is 0 Å². The summed E-state index contributed by atoms with van der Waals surface area (Å²) in [7, 11) is 0. The molecular formula is C13H21NO2. The van der Waals surface area contributed by atoms with E-state index in [2.05, 4.69) is 18.1 Å². The van der Waals surface area contributed by atoms with Gasteiger partial charge in [-0.05, 0) is 38.1 Å². The van der Waals surface area contributed by atoms with Gasteiger partial charge in [-0.15, -0.1) is 0 Å². The number of aliphatic hydroxyl groups is 1. The lowest BCUT2D eigenvalue weighted by Gasteiger charge is -2.19. The maximum atomic E-state index is 9.77. The summed E-state index contributed by atoms with van der Waals surface area (Å²) in [5, 5.41) is 9.77. The fraction of sp³-hybridized carbons (Fsp3) is 0.538. The minimum atomic E-state index is -0.439. The summed E-state index contributed by atoms with van der Waals surface area (Å²) in [4.78, 5) is 2.26. The number of hydrogen-bond acceptors (Lipinski definition) is 3. The molecule has 3 nitrogen and oxygen atoms in total. The molecule has 0 saturated carbocycles. The number of ether oxygens (including phenoxy) is 1. The molecule has 0 aromatic carbocycles. The highest BCUT2D eigenvalue weighted by Gasteiger charge is 2.15. The monoisotopic (exact) mass is 223 g/mol. The molecule has 0 aromatic heterocycles. The summed E-state index contributed by atoms with van der Waals surface area (Å²) in [6.07, 6.45) is 7.03. The average molecular weight is 223 g/mol. The lowest BCUT2D eigenvalue weighted by Crippen LogP contribution is -2.32. The standard InChI is InChI=1S/C13H21NO2/c1-3-7-13(4-2)16-11-12(15)10-14-8-5-6-9-14/h3-4,7,12,15H,1-2,5-6,8-11H2/b13-7+/t12-/m0/s1. The molecule has 3 heteroatoms. The number of likely N-dealkylation sites (tertiary alicyclic amines) is 1. The van der Waals surface area contributed by atoms with Gasteiger partial charge in [-0.1, -0.05) is 19.2 Å². The van der Waals surface area contributed by atoms with Gasteiger partial charge in [0, 0.05) is 6.54 Å². The van der Waals surface area contributed by atoms with Crippen LogP contribution in [0.15, 0.2) is 37.1 Å². The van der Waals surface area contributed by atoms with Crippen molar-refractivity contribution < 1.29 is 9.84 Å².